The minimum atomic E-state index is -0.516. The summed E-state index contributed by atoms with van der Waals surface area (Å²) in [6, 6.07) is 21.7. The fourth-order valence-electron chi connectivity index (χ4n) is 3.77. The molecule has 0 aliphatic heterocycles. The van der Waals surface area contributed by atoms with Gasteiger partial charge in [0.25, 0.3) is 11.5 Å². The van der Waals surface area contributed by atoms with Crippen molar-refractivity contribution in [2.45, 2.75) is 6.42 Å². The van der Waals surface area contributed by atoms with Crippen LogP contribution in [0.1, 0.15) is 21.7 Å². The van der Waals surface area contributed by atoms with Gasteiger partial charge in [0.05, 0.1) is 7.11 Å². The number of benzene rings is 3. The van der Waals surface area contributed by atoms with Gasteiger partial charge in [0.15, 0.2) is 5.52 Å². The van der Waals surface area contributed by atoms with Crippen LogP contribution < -0.4 is 15.7 Å². The first-order chi connectivity index (χ1) is 17.0. The summed E-state index contributed by atoms with van der Waals surface area (Å²) in [4.78, 5) is 31.1. The second-order valence-corrected chi connectivity index (χ2v) is 7.81. The van der Waals surface area contributed by atoms with Crippen molar-refractivity contribution in [3.05, 3.63) is 112 Å². The van der Waals surface area contributed by atoms with E-state index in [-0.39, 0.29) is 17.8 Å². The Morgan fingerprint density at radius 3 is 2.57 bits per heavy atom. The van der Waals surface area contributed by atoms with Crippen LogP contribution in [-0.4, -0.2) is 32.9 Å². The Morgan fingerprint density at radius 2 is 1.83 bits per heavy atom. The second kappa shape index (κ2) is 9.22. The van der Waals surface area contributed by atoms with Crippen LogP contribution in [0.15, 0.2) is 83.7 Å². The van der Waals surface area contributed by atoms with Gasteiger partial charge in [-0.1, -0.05) is 30.3 Å². The number of rotatable bonds is 6. The molecule has 1 amide bonds. The summed E-state index contributed by atoms with van der Waals surface area (Å²) in [5, 5.41) is 6.98. The minimum absolute atomic E-state index is 0.118. The van der Waals surface area contributed by atoms with Gasteiger partial charge in [0.2, 0.25) is 0 Å². The van der Waals surface area contributed by atoms with Crippen LogP contribution in [0.3, 0.4) is 0 Å². The van der Waals surface area contributed by atoms with E-state index < -0.39 is 11.5 Å². The number of aromatic amines is 1. The van der Waals surface area contributed by atoms with Gasteiger partial charge in [-0.2, -0.15) is 5.10 Å². The zero-order chi connectivity index (χ0) is 24.4. The number of hydrogen-bond acceptors (Lipinski definition) is 5. The Kier molecular flexibility index (Phi) is 5.80. The predicted octanol–water partition coefficient (Wildman–Crippen LogP) is 3.91. The largest absolute Gasteiger partial charge is 0.497 e. The van der Waals surface area contributed by atoms with E-state index in [2.05, 4.69) is 15.6 Å². The van der Waals surface area contributed by atoms with Crippen LogP contribution in [0.5, 0.6) is 5.75 Å². The van der Waals surface area contributed by atoms with Crippen LogP contribution in [-0.2, 0) is 6.42 Å². The Hall–Kier alpha value is -4.79. The van der Waals surface area contributed by atoms with Crippen molar-refractivity contribution in [2.75, 3.05) is 12.5 Å². The molecule has 0 saturated carbocycles. The van der Waals surface area contributed by atoms with Gasteiger partial charge in [-0.15, -0.1) is 0 Å². The topological polar surface area (TPSA) is 102 Å². The molecule has 0 spiro atoms. The molecule has 0 unspecified atom stereocenters. The number of aromatic nitrogens is 4. The molecule has 0 fully saturated rings. The summed E-state index contributed by atoms with van der Waals surface area (Å²) < 4.78 is 19.9. The van der Waals surface area contributed by atoms with Crippen molar-refractivity contribution in [3.63, 3.8) is 0 Å². The molecule has 35 heavy (non-hydrogen) atoms. The van der Waals surface area contributed by atoms with Crippen LogP contribution >= 0.6 is 0 Å². The molecular weight excluding hydrogens is 449 g/mol. The Labute approximate surface area is 199 Å². The number of carbonyl (C=O) groups excluding carboxylic acids is 1. The zero-order valence-electron chi connectivity index (χ0n) is 18.7. The molecule has 174 valence electrons. The number of methoxy groups -OCH3 is 1. The maximum Gasteiger partial charge on any atom is 0.298 e. The molecule has 0 radical (unpaired) electrons. The maximum absolute atomic E-state index is 13.5. The van der Waals surface area contributed by atoms with E-state index in [1.54, 1.807) is 49.6 Å². The number of carbonyl (C=O) groups is 1. The molecule has 8 nitrogen and oxygen atoms in total. The number of fused-ring (bicyclic) bond motifs is 1. The third kappa shape index (κ3) is 4.39. The smallest absolute Gasteiger partial charge is 0.298 e. The molecular formula is C26H20FN5O3. The van der Waals surface area contributed by atoms with Gasteiger partial charge < -0.3 is 4.74 Å². The zero-order valence-corrected chi connectivity index (χ0v) is 18.7. The quantitative estimate of drug-likeness (QED) is 0.393. The molecule has 5 rings (SSSR count). The van der Waals surface area contributed by atoms with Gasteiger partial charge in [0, 0.05) is 17.5 Å². The fourth-order valence-corrected chi connectivity index (χ4v) is 3.77. The van der Waals surface area contributed by atoms with Crippen LogP contribution in [0.2, 0.25) is 0 Å². The highest BCUT2D eigenvalue weighted by atomic mass is 19.1. The van der Waals surface area contributed by atoms with Crippen LogP contribution in [0.4, 0.5) is 4.39 Å². The lowest BCUT2D eigenvalue weighted by Gasteiger charge is -2.14. The van der Waals surface area contributed by atoms with Crippen molar-refractivity contribution in [2.24, 2.45) is 0 Å². The molecule has 2 aromatic heterocycles. The Morgan fingerprint density at radius 1 is 1.06 bits per heavy atom. The standard InChI is InChI=1S/C26H20FN5O3/c1-35-20-9-5-6-16(14-20)15-21-28-23-22(17-10-12-19(27)13-11-17)29-30-24(23)26(34)32(21)31-25(33)18-7-3-2-4-8-18/h2-14H,15H2,1H3,(H,29,30)(H,31,33). The Bertz CT molecular complexity index is 1580. The number of amides is 1. The van der Waals surface area contributed by atoms with Gasteiger partial charge in [0.1, 0.15) is 28.6 Å². The molecule has 0 atom stereocenters. The van der Waals surface area contributed by atoms with E-state index in [4.69, 9.17) is 9.72 Å². The summed E-state index contributed by atoms with van der Waals surface area (Å²) in [5.41, 5.74) is 4.82. The molecule has 2 N–H and O–H groups in total. The first-order valence-corrected chi connectivity index (χ1v) is 10.8. The van der Waals surface area contributed by atoms with Crippen molar-refractivity contribution in [1.82, 2.24) is 19.9 Å². The SMILES string of the molecule is COc1cccc(Cc2nc3c(-c4ccc(F)cc4)n[nH]c3c(=O)n2NC(=O)c2ccccc2)c1. The fraction of sp³-hybridized carbons (Fsp3) is 0.0769. The Balaban J connectivity index is 1.65. The molecule has 0 aliphatic rings. The summed E-state index contributed by atoms with van der Waals surface area (Å²) in [7, 11) is 1.57. The van der Waals surface area contributed by atoms with Crippen molar-refractivity contribution < 1.29 is 13.9 Å². The molecule has 2 heterocycles. The molecule has 3 aromatic carbocycles. The highest BCUT2D eigenvalue weighted by molar-refractivity contribution is 6.00. The molecule has 5 aromatic rings. The van der Waals surface area contributed by atoms with Crippen molar-refractivity contribution in [1.29, 1.82) is 0 Å². The third-order valence-corrected chi connectivity index (χ3v) is 5.52. The average molecular weight is 469 g/mol. The van der Waals surface area contributed by atoms with Gasteiger partial charge >= 0.3 is 0 Å². The first-order valence-electron chi connectivity index (χ1n) is 10.8. The predicted molar refractivity (Wildman–Crippen MR) is 129 cm³/mol. The van der Waals surface area contributed by atoms with Crippen LogP contribution in [0, 0.1) is 5.82 Å². The normalized spacial score (nSPS) is 10.9. The number of halogens is 1. The van der Waals surface area contributed by atoms with E-state index >= 15 is 0 Å². The summed E-state index contributed by atoms with van der Waals surface area (Å²) >= 11 is 0. The van der Waals surface area contributed by atoms with E-state index in [1.165, 1.54) is 12.1 Å². The number of nitrogens with one attached hydrogen (secondary N) is 2. The number of H-pyrrole nitrogens is 1. The molecule has 0 bridgehead atoms. The van der Waals surface area contributed by atoms with E-state index in [9.17, 15) is 14.0 Å². The van der Waals surface area contributed by atoms with Crippen molar-refractivity contribution >= 4 is 16.9 Å². The number of ether oxygens (including phenoxy) is 1. The number of hydrogen-bond donors (Lipinski definition) is 2. The highest BCUT2D eigenvalue weighted by Gasteiger charge is 2.20. The number of nitrogens with zero attached hydrogens (tertiary/aromatic N) is 3. The lowest BCUT2D eigenvalue weighted by Crippen LogP contribution is -2.36. The van der Waals surface area contributed by atoms with Crippen LogP contribution in [0.25, 0.3) is 22.3 Å². The highest BCUT2D eigenvalue weighted by Crippen LogP contribution is 2.24. The first kappa shape index (κ1) is 22.0. The lowest BCUT2D eigenvalue weighted by molar-refractivity contribution is 0.101. The van der Waals surface area contributed by atoms with Gasteiger partial charge in [-0.25, -0.2) is 14.1 Å². The van der Waals surface area contributed by atoms with Crippen molar-refractivity contribution in [3.8, 4) is 17.0 Å². The minimum Gasteiger partial charge on any atom is -0.497 e. The third-order valence-electron chi connectivity index (χ3n) is 5.52. The second-order valence-electron chi connectivity index (χ2n) is 7.81. The summed E-state index contributed by atoms with van der Waals surface area (Å²) in [6.07, 6.45) is 0.228. The van der Waals surface area contributed by atoms with E-state index in [1.807, 2.05) is 24.3 Å². The summed E-state index contributed by atoms with van der Waals surface area (Å²) in [5.74, 6) is 0.108. The lowest BCUT2D eigenvalue weighted by atomic mass is 10.1. The summed E-state index contributed by atoms with van der Waals surface area (Å²) in [6.45, 7) is 0. The van der Waals surface area contributed by atoms with Gasteiger partial charge in [-0.05, 0) is 54.1 Å². The molecule has 0 aliphatic carbocycles. The molecule has 9 heteroatoms. The maximum atomic E-state index is 13.5. The average Bonchev–Trinajstić information content (AvgIpc) is 3.31. The van der Waals surface area contributed by atoms with E-state index in [0.29, 0.717) is 33.9 Å². The van der Waals surface area contributed by atoms with E-state index in [0.717, 1.165) is 10.2 Å². The van der Waals surface area contributed by atoms with Gasteiger partial charge in [-0.3, -0.25) is 20.1 Å². The molecule has 0 saturated heterocycles. The monoisotopic (exact) mass is 469 g/mol.